The van der Waals surface area contributed by atoms with Crippen LogP contribution >= 0.6 is 0 Å². The van der Waals surface area contributed by atoms with Gasteiger partial charge in [-0.3, -0.25) is 0 Å². The van der Waals surface area contributed by atoms with Crippen LogP contribution in [0.2, 0.25) is 0 Å². The highest BCUT2D eigenvalue weighted by Crippen LogP contribution is 2.36. The first-order valence-corrected chi connectivity index (χ1v) is 16.7. The van der Waals surface area contributed by atoms with Gasteiger partial charge in [0.15, 0.2) is 0 Å². The van der Waals surface area contributed by atoms with E-state index in [1.807, 2.05) is 26.8 Å². The van der Waals surface area contributed by atoms with Crippen molar-refractivity contribution in [1.82, 2.24) is 0 Å². The van der Waals surface area contributed by atoms with Gasteiger partial charge in [0.1, 0.15) is 29.3 Å². The van der Waals surface area contributed by atoms with Gasteiger partial charge in [-0.15, -0.1) is 0 Å². The summed E-state index contributed by atoms with van der Waals surface area (Å²) < 4.78 is 10.9. The molecular weight excluding hydrogens is 588 g/mol. The Labute approximate surface area is 274 Å². The molecule has 0 amide bonds. The van der Waals surface area contributed by atoms with Gasteiger partial charge < -0.3 is 39.8 Å². The molecule has 11 atom stereocenters. The third-order valence-electron chi connectivity index (χ3n) is 9.09. The number of hydrogen-bond acceptors (Lipinski definition) is 9. The Morgan fingerprint density at radius 2 is 1.70 bits per heavy atom. The number of allylic oxidation sites excluding steroid dienone is 6. The highest BCUT2D eigenvalue weighted by Gasteiger charge is 2.40. The quantitative estimate of drug-likeness (QED) is 0.128. The second-order valence-electron chi connectivity index (χ2n) is 13.5. The lowest BCUT2D eigenvalue weighted by Crippen LogP contribution is -2.45. The van der Waals surface area contributed by atoms with Crippen LogP contribution in [0.4, 0.5) is 0 Å². The highest BCUT2D eigenvalue weighted by molar-refractivity contribution is 5.35. The van der Waals surface area contributed by atoms with Gasteiger partial charge in [0.05, 0.1) is 31.0 Å². The molecule has 0 aromatic carbocycles. The fraction of sp³-hybridized carbons (Fsp3) is 0.649. The summed E-state index contributed by atoms with van der Waals surface area (Å²) in [6.07, 6.45) is 8.32. The molecular formula is C37H58O9. The average Bonchev–Trinajstić information content (AvgIpc) is 3.00. The molecule has 9 heteroatoms. The van der Waals surface area contributed by atoms with Crippen LogP contribution in [0.5, 0.6) is 5.75 Å². The molecule has 1 saturated heterocycles. The molecule has 1 aromatic rings. The first kappa shape index (κ1) is 39.6. The summed E-state index contributed by atoms with van der Waals surface area (Å²) in [7, 11) is 0. The number of aliphatic hydroxyl groups excluding tert-OH is 5. The Kier molecular flexibility index (Phi) is 16.1. The molecule has 0 aliphatic carbocycles. The molecule has 2 heterocycles. The lowest BCUT2D eigenvalue weighted by molar-refractivity contribution is -0.180. The maximum Gasteiger partial charge on any atom is 0.345 e. The van der Waals surface area contributed by atoms with Gasteiger partial charge in [-0.1, -0.05) is 95.6 Å². The SMILES string of the molecule is CC[C@@H](C)C[C@H](C)/C=C(C)\C=C\C[C@H](C)[C@@H](O)[C@H](C)/C=C(C)/C=C/[C@H](O)[C@@H](C)c1cc(O)c([C@H]2O[C@@H](CO)C[C@@H](O)[C@@H]2O)c(=O)o1. The largest absolute Gasteiger partial charge is 0.507 e. The second-order valence-corrected chi connectivity index (χ2v) is 13.5. The third kappa shape index (κ3) is 11.6. The van der Waals surface area contributed by atoms with Crippen LogP contribution in [-0.2, 0) is 4.74 Å². The van der Waals surface area contributed by atoms with E-state index in [2.05, 4.69) is 45.9 Å². The van der Waals surface area contributed by atoms with Crippen molar-refractivity contribution < 1.29 is 39.8 Å². The van der Waals surface area contributed by atoms with E-state index in [9.17, 15) is 35.4 Å². The van der Waals surface area contributed by atoms with E-state index < -0.39 is 60.5 Å². The molecule has 0 unspecified atom stereocenters. The van der Waals surface area contributed by atoms with Crippen molar-refractivity contribution in [2.45, 2.75) is 124 Å². The van der Waals surface area contributed by atoms with Crippen LogP contribution in [0.3, 0.4) is 0 Å². The predicted octanol–water partition coefficient (Wildman–Crippen LogP) is 5.45. The van der Waals surface area contributed by atoms with E-state index in [4.69, 9.17) is 9.15 Å². The minimum atomic E-state index is -1.50. The molecule has 1 aromatic heterocycles. The smallest absolute Gasteiger partial charge is 0.345 e. The summed E-state index contributed by atoms with van der Waals surface area (Å²) in [4.78, 5) is 12.8. The molecule has 0 radical (unpaired) electrons. The summed E-state index contributed by atoms with van der Waals surface area (Å²) in [6.45, 7) is 15.9. The lowest BCUT2D eigenvalue weighted by atomic mass is 9.89. The highest BCUT2D eigenvalue weighted by atomic mass is 16.5. The summed E-state index contributed by atoms with van der Waals surface area (Å²) >= 11 is 0. The van der Waals surface area contributed by atoms with Gasteiger partial charge in [-0.2, -0.15) is 0 Å². The van der Waals surface area contributed by atoms with E-state index in [0.29, 0.717) is 11.8 Å². The zero-order valence-electron chi connectivity index (χ0n) is 28.8. The Morgan fingerprint density at radius 1 is 1.04 bits per heavy atom. The van der Waals surface area contributed by atoms with Crippen LogP contribution in [0, 0.1) is 23.7 Å². The van der Waals surface area contributed by atoms with E-state index in [1.165, 1.54) is 24.5 Å². The van der Waals surface area contributed by atoms with Crippen LogP contribution in [-0.4, -0.2) is 67.8 Å². The molecule has 1 aliphatic heterocycles. The summed E-state index contributed by atoms with van der Waals surface area (Å²) in [5.74, 6) is -0.0276. The average molecular weight is 647 g/mol. The van der Waals surface area contributed by atoms with Gasteiger partial charge in [-0.05, 0) is 44.4 Å². The maximum atomic E-state index is 12.8. The number of ether oxygens (including phenoxy) is 1. The molecule has 6 N–H and O–H groups in total. The summed E-state index contributed by atoms with van der Waals surface area (Å²) in [6, 6.07) is 1.19. The van der Waals surface area contributed by atoms with Crippen molar-refractivity contribution >= 4 is 0 Å². The second kappa shape index (κ2) is 18.7. The minimum absolute atomic E-state index is 0.0221. The Hall–Kier alpha value is -2.53. The molecule has 0 spiro atoms. The van der Waals surface area contributed by atoms with Crippen molar-refractivity contribution in [1.29, 1.82) is 0 Å². The standard InChI is InChI=1S/C37H58O9/c1-9-21(2)15-24(5)16-22(3)11-10-12-25(6)34(42)26(7)17-23(4)13-14-29(39)27(8)32-19-30(40)33(37(44)46-32)36-35(43)31(41)18-28(20-38)45-36/h10-11,13-14,16-17,19,21,24-29,31,34-36,38-43H,9,12,15,18,20H2,1-8H3/b11-10+,14-13+,22-16-,23-17+/t21-,24+,25+,26-,27-,28-,29+,31-,34-,35+,36-/m1/s1. The molecule has 260 valence electrons. The molecule has 0 saturated carbocycles. The van der Waals surface area contributed by atoms with Crippen molar-refractivity contribution in [2.75, 3.05) is 6.61 Å². The molecule has 46 heavy (non-hydrogen) atoms. The lowest BCUT2D eigenvalue weighted by Gasteiger charge is -2.36. The maximum absolute atomic E-state index is 12.8. The monoisotopic (exact) mass is 646 g/mol. The van der Waals surface area contributed by atoms with Gasteiger partial charge in [-0.25, -0.2) is 4.79 Å². The van der Waals surface area contributed by atoms with Gasteiger partial charge in [0, 0.05) is 24.3 Å². The predicted molar refractivity (Wildman–Crippen MR) is 180 cm³/mol. The number of hydrogen-bond donors (Lipinski definition) is 6. The number of rotatable bonds is 16. The minimum Gasteiger partial charge on any atom is -0.507 e. The molecule has 0 bridgehead atoms. The Balaban J connectivity index is 2.01. The van der Waals surface area contributed by atoms with Crippen LogP contribution in [0.25, 0.3) is 0 Å². The number of aromatic hydroxyl groups is 1. The molecule has 2 rings (SSSR count). The summed E-state index contributed by atoms with van der Waals surface area (Å²) in [5, 5.41) is 62.3. The summed E-state index contributed by atoms with van der Waals surface area (Å²) in [5.41, 5.74) is 0.741. The fourth-order valence-corrected chi connectivity index (χ4v) is 5.96. The molecule has 1 fully saturated rings. The Bertz CT molecular complexity index is 1260. The van der Waals surface area contributed by atoms with Gasteiger partial charge in [0.25, 0.3) is 0 Å². The van der Waals surface area contributed by atoms with Crippen molar-refractivity contribution in [2.24, 2.45) is 23.7 Å². The topological polar surface area (TPSA) is 161 Å². The first-order valence-electron chi connectivity index (χ1n) is 16.7. The van der Waals surface area contributed by atoms with Crippen molar-refractivity contribution in [3.8, 4) is 5.75 Å². The van der Waals surface area contributed by atoms with Crippen LogP contribution < -0.4 is 5.63 Å². The zero-order chi connectivity index (χ0) is 34.7. The molecule has 9 nitrogen and oxygen atoms in total. The van der Waals surface area contributed by atoms with Gasteiger partial charge in [0.2, 0.25) is 0 Å². The van der Waals surface area contributed by atoms with Crippen LogP contribution in [0.1, 0.15) is 104 Å². The molecule has 1 aliphatic rings. The van der Waals surface area contributed by atoms with E-state index in [1.54, 1.807) is 19.1 Å². The normalized spacial score (nSPS) is 26.2. The van der Waals surface area contributed by atoms with E-state index in [0.717, 1.165) is 12.0 Å². The third-order valence-corrected chi connectivity index (χ3v) is 9.09. The van der Waals surface area contributed by atoms with Crippen molar-refractivity contribution in [3.63, 3.8) is 0 Å². The van der Waals surface area contributed by atoms with Crippen molar-refractivity contribution in [3.05, 3.63) is 75.4 Å². The fourth-order valence-electron chi connectivity index (χ4n) is 5.96. The van der Waals surface area contributed by atoms with Crippen LogP contribution in [0.15, 0.2) is 62.9 Å². The van der Waals surface area contributed by atoms with E-state index >= 15 is 0 Å². The first-order chi connectivity index (χ1) is 21.6. The van der Waals surface area contributed by atoms with Gasteiger partial charge >= 0.3 is 5.63 Å². The number of aliphatic hydroxyl groups is 5. The van der Waals surface area contributed by atoms with E-state index in [-0.39, 0.29) is 29.6 Å². The Morgan fingerprint density at radius 3 is 2.30 bits per heavy atom. The zero-order valence-corrected chi connectivity index (χ0v) is 28.8.